The zero-order chi connectivity index (χ0) is 16.5. The molecule has 2 N–H and O–H groups in total. The minimum absolute atomic E-state index is 0.0263. The number of amides is 1. The van der Waals surface area contributed by atoms with E-state index in [-0.39, 0.29) is 17.6 Å². The number of rotatable bonds is 8. The number of piperidine rings is 1. The van der Waals surface area contributed by atoms with Crippen LogP contribution < -0.4 is 10.6 Å². The van der Waals surface area contributed by atoms with Crippen molar-refractivity contribution in [1.82, 2.24) is 15.5 Å². The van der Waals surface area contributed by atoms with Crippen molar-refractivity contribution in [1.29, 1.82) is 0 Å². The number of hydrogen-bond donors (Lipinski definition) is 2. The van der Waals surface area contributed by atoms with Crippen LogP contribution in [0, 0.1) is 5.92 Å². The Bertz CT molecular complexity index is 518. The van der Waals surface area contributed by atoms with Crippen molar-refractivity contribution in [3.8, 4) is 0 Å². The lowest BCUT2D eigenvalue weighted by Crippen LogP contribution is -2.28. The van der Waals surface area contributed by atoms with Crippen LogP contribution in [0.15, 0.2) is 4.34 Å². The van der Waals surface area contributed by atoms with Gasteiger partial charge in [-0.15, -0.1) is 10.2 Å². The summed E-state index contributed by atoms with van der Waals surface area (Å²) in [5.41, 5.74) is 0. The van der Waals surface area contributed by atoms with Crippen LogP contribution in [-0.2, 0) is 14.3 Å². The Morgan fingerprint density at radius 2 is 2.17 bits per heavy atom. The van der Waals surface area contributed by atoms with Gasteiger partial charge in [-0.25, -0.2) is 0 Å². The Morgan fingerprint density at radius 3 is 2.91 bits per heavy atom. The zero-order valence-corrected chi connectivity index (χ0v) is 14.8. The van der Waals surface area contributed by atoms with Gasteiger partial charge in [0.1, 0.15) is 0 Å². The topological polar surface area (TPSA) is 93.2 Å². The van der Waals surface area contributed by atoms with E-state index >= 15 is 0 Å². The Labute approximate surface area is 144 Å². The molecule has 0 spiro atoms. The van der Waals surface area contributed by atoms with Crippen LogP contribution >= 0.6 is 23.1 Å². The average molecular weight is 358 g/mol. The zero-order valence-electron chi connectivity index (χ0n) is 13.2. The second-order valence-electron chi connectivity index (χ2n) is 5.25. The lowest BCUT2D eigenvalue weighted by Gasteiger charge is -2.21. The molecule has 0 aromatic carbocycles. The van der Waals surface area contributed by atoms with Crippen LogP contribution in [0.25, 0.3) is 0 Å². The molecule has 1 saturated heterocycles. The van der Waals surface area contributed by atoms with Gasteiger partial charge < -0.3 is 15.4 Å². The summed E-state index contributed by atoms with van der Waals surface area (Å²) in [5.74, 6) is 0.528. The van der Waals surface area contributed by atoms with Gasteiger partial charge in [0.05, 0.1) is 12.4 Å². The quantitative estimate of drug-likeness (QED) is 0.416. The van der Waals surface area contributed by atoms with Gasteiger partial charge in [-0.1, -0.05) is 23.1 Å². The molecule has 2 rings (SSSR count). The number of nitrogens with zero attached hydrogens (tertiary/aromatic N) is 2. The van der Waals surface area contributed by atoms with E-state index in [2.05, 4.69) is 20.8 Å². The molecule has 1 aromatic rings. The highest BCUT2D eigenvalue weighted by Gasteiger charge is 2.15. The van der Waals surface area contributed by atoms with Gasteiger partial charge in [-0.05, 0) is 45.2 Å². The van der Waals surface area contributed by atoms with Gasteiger partial charge in [0.2, 0.25) is 11.0 Å². The van der Waals surface area contributed by atoms with E-state index in [0.29, 0.717) is 28.4 Å². The maximum Gasteiger partial charge on any atom is 0.316 e. The van der Waals surface area contributed by atoms with Crippen LogP contribution in [0.4, 0.5) is 5.13 Å². The molecule has 7 nitrogen and oxygen atoms in total. The SMILES string of the molecule is CCOC(=O)CSc1nnc(NC(=O)CCC2CCNCC2)s1. The summed E-state index contributed by atoms with van der Waals surface area (Å²) in [6.07, 6.45) is 3.70. The second-order valence-corrected chi connectivity index (χ2v) is 7.45. The Kier molecular flexibility index (Phi) is 7.77. The minimum Gasteiger partial charge on any atom is -0.465 e. The molecule has 1 aromatic heterocycles. The first-order valence-corrected chi connectivity index (χ1v) is 9.60. The highest BCUT2D eigenvalue weighted by atomic mass is 32.2. The summed E-state index contributed by atoms with van der Waals surface area (Å²) >= 11 is 2.54. The van der Waals surface area contributed by atoms with Gasteiger partial charge >= 0.3 is 5.97 Å². The fraction of sp³-hybridized carbons (Fsp3) is 0.714. The maximum atomic E-state index is 11.9. The van der Waals surface area contributed by atoms with Crippen LogP contribution in [-0.4, -0.2) is 47.5 Å². The third kappa shape index (κ3) is 6.84. The number of anilines is 1. The van der Waals surface area contributed by atoms with Crippen molar-refractivity contribution in [2.24, 2.45) is 5.92 Å². The fourth-order valence-corrected chi connectivity index (χ4v) is 3.90. The predicted molar refractivity (Wildman–Crippen MR) is 90.7 cm³/mol. The number of carbonyl (C=O) groups excluding carboxylic acids is 2. The normalized spacial score (nSPS) is 15.3. The summed E-state index contributed by atoms with van der Waals surface area (Å²) in [7, 11) is 0. The van der Waals surface area contributed by atoms with E-state index < -0.39 is 0 Å². The number of aromatic nitrogens is 2. The Hall–Kier alpha value is -1.19. The largest absolute Gasteiger partial charge is 0.465 e. The highest BCUT2D eigenvalue weighted by molar-refractivity contribution is 8.01. The van der Waals surface area contributed by atoms with E-state index in [0.717, 1.165) is 32.4 Å². The third-order valence-corrected chi connectivity index (χ3v) is 5.46. The van der Waals surface area contributed by atoms with E-state index in [9.17, 15) is 9.59 Å². The van der Waals surface area contributed by atoms with E-state index in [1.165, 1.54) is 23.1 Å². The molecule has 1 aliphatic rings. The van der Waals surface area contributed by atoms with Crippen molar-refractivity contribution < 1.29 is 14.3 Å². The first-order chi connectivity index (χ1) is 11.2. The lowest BCUT2D eigenvalue weighted by atomic mass is 9.93. The molecular weight excluding hydrogens is 336 g/mol. The molecule has 0 saturated carbocycles. The molecule has 1 fully saturated rings. The number of esters is 1. The smallest absolute Gasteiger partial charge is 0.316 e. The molecule has 128 valence electrons. The van der Waals surface area contributed by atoms with Gasteiger partial charge in [0.15, 0.2) is 4.34 Å². The molecule has 0 bridgehead atoms. The van der Waals surface area contributed by atoms with Crippen molar-refractivity contribution in [3.05, 3.63) is 0 Å². The number of nitrogens with one attached hydrogen (secondary N) is 2. The highest BCUT2D eigenvalue weighted by Crippen LogP contribution is 2.26. The predicted octanol–water partition coefficient (Wildman–Crippen LogP) is 1.91. The second kappa shape index (κ2) is 9.84. The summed E-state index contributed by atoms with van der Waals surface area (Å²) in [6.45, 7) is 4.23. The van der Waals surface area contributed by atoms with Crippen molar-refractivity contribution >= 4 is 40.1 Å². The molecule has 1 aliphatic heterocycles. The van der Waals surface area contributed by atoms with E-state index in [4.69, 9.17) is 4.74 Å². The molecule has 2 heterocycles. The Balaban J connectivity index is 1.68. The number of ether oxygens (including phenoxy) is 1. The fourth-order valence-electron chi connectivity index (χ4n) is 2.33. The lowest BCUT2D eigenvalue weighted by molar-refractivity contribution is -0.139. The van der Waals surface area contributed by atoms with Crippen LogP contribution in [0.5, 0.6) is 0 Å². The molecule has 0 radical (unpaired) electrons. The molecule has 0 aliphatic carbocycles. The molecule has 1 amide bonds. The van der Waals surface area contributed by atoms with Crippen molar-refractivity contribution in [3.63, 3.8) is 0 Å². The van der Waals surface area contributed by atoms with Gasteiger partial charge in [-0.3, -0.25) is 9.59 Å². The molecule has 9 heteroatoms. The molecule has 23 heavy (non-hydrogen) atoms. The van der Waals surface area contributed by atoms with E-state index in [1.54, 1.807) is 6.92 Å². The summed E-state index contributed by atoms with van der Waals surface area (Å²) < 4.78 is 5.49. The average Bonchev–Trinajstić information content (AvgIpc) is 3.00. The summed E-state index contributed by atoms with van der Waals surface area (Å²) in [4.78, 5) is 23.2. The minimum atomic E-state index is -0.278. The van der Waals surface area contributed by atoms with Crippen LogP contribution in [0.1, 0.15) is 32.6 Å². The standard InChI is InChI=1S/C14H22N4O3S2/c1-2-21-12(20)9-22-14-18-17-13(23-14)16-11(19)4-3-10-5-7-15-8-6-10/h10,15H,2-9H2,1H3,(H,16,17,19). The number of hydrogen-bond acceptors (Lipinski definition) is 8. The Morgan fingerprint density at radius 1 is 1.39 bits per heavy atom. The van der Waals surface area contributed by atoms with Crippen molar-refractivity contribution in [2.45, 2.75) is 36.9 Å². The van der Waals surface area contributed by atoms with Gasteiger partial charge in [-0.2, -0.15) is 0 Å². The molecule has 0 unspecified atom stereocenters. The summed E-state index contributed by atoms with van der Waals surface area (Å²) in [5, 5.41) is 14.5. The third-order valence-electron chi connectivity index (χ3n) is 3.51. The van der Waals surface area contributed by atoms with Crippen LogP contribution in [0.3, 0.4) is 0 Å². The summed E-state index contributed by atoms with van der Waals surface area (Å²) in [6, 6.07) is 0. The molecule has 0 atom stereocenters. The maximum absolute atomic E-state index is 11.9. The van der Waals surface area contributed by atoms with Gasteiger partial charge in [0.25, 0.3) is 0 Å². The van der Waals surface area contributed by atoms with E-state index in [1.807, 2.05) is 0 Å². The molecular formula is C14H22N4O3S2. The van der Waals surface area contributed by atoms with Gasteiger partial charge in [0, 0.05) is 6.42 Å². The number of thioether (sulfide) groups is 1. The first-order valence-electron chi connectivity index (χ1n) is 7.80. The first kappa shape index (κ1) is 18.2. The monoisotopic (exact) mass is 358 g/mol. The van der Waals surface area contributed by atoms with Crippen molar-refractivity contribution in [2.75, 3.05) is 30.8 Å². The van der Waals surface area contributed by atoms with Crippen LogP contribution in [0.2, 0.25) is 0 Å². The number of carbonyl (C=O) groups is 2.